The van der Waals surface area contributed by atoms with E-state index in [1.807, 2.05) is 0 Å². The fourth-order valence-electron chi connectivity index (χ4n) is 2.44. The first-order chi connectivity index (χ1) is 9.47. The van der Waals surface area contributed by atoms with Gasteiger partial charge in [-0.05, 0) is 31.0 Å². The van der Waals surface area contributed by atoms with E-state index in [0.29, 0.717) is 5.69 Å². The van der Waals surface area contributed by atoms with Crippen molar-refractivity contribution in [2.45, 2.75) is 32.2 Å². The number of nitrogens with one attached hydrogen (secondary N) is 2. The molecule has 0 aromatic heterocycles. The maximum atomic E-state index is 13.7. The van der Waals surface area contributed by atoms with Crippen molar-refractivity contribution in [1.29, 1.82) is 0 Å². The Morgan fingerprint density at radius 3 is 2.57 bits per heavy atom. The highest BCUT2D eigenvalue weighted by Crippen LogP contribution is 2.26. The predicted octanol–water partition coefficient (Wildman–Crippen LogP) is 2.27. The molecule has 0 bridgehead atoms. The Labute approximate surface area is 128 Å². The van der Waals surface area contributed by atoms with E-state index in [-0.39, 0.29) is 41.9 Å². The fraction of sp³-hybridized carbons (Fsp3) is 0.429. The molecule has 1 saturated carbocycles. The smallest absolute Gasteiger partial charge is 0.229 e. The summed E-state index contributed by atoms with van der Waals surface area (Å²) in [6, 6.07) is 3.87. The molecule has 2 rings (SSSR count). The second-order valence-electron chi connectivity index (χ2n) is 5.07. The third-order valence-electron chi connectivity index (χ3n) is 3.45. The highest BCUT2D eigenvalue weighted by Gasteiger charge is 2.30. The number of amides is 2. The van der Waals surface area contributed by atoms with Crippen LogP contribution in [-0.4, -0.2) is 17.9 Å². The minimum absolute atomic E-state index is 0. The van der Waals surface area contributed by atoms with Crippen LogP contribution in [-0.2, 0) is 9.59 Å². The van der Waals surface area contributed by atoms with Gasteiger partial charge < -0.3 is 16.4 Å². The van der Waals surface area contributed by atoms with Crippen molar-refractivity contribution in [3.63, 3.8) is 0 Å². The van der Waals surface area contributed by atoms with Gasteiger partial charge in [0, 0.05) is 18.7 Å². The van der Waals surface area contributed by atoms with Gasteiger partial charge in [0.05, 0.1) is 11.6 Å². The summed E-state index contributed by atoms with van der Waals surface area (Å²) < 4.78 is 13.7. The molecule has 1 aromatic rings. The van der Waals surface area contributed by atoms with E-state index >= 15 is 0 Å². The van der Waals surface area contributed by atoms with Gasteiger partial charge in [-0.2, -0.15) is 0 Å². The topological polar surface area (TPSA) is 84.2 Å². The first kappa shape index (κ1) is 17.4. The van der Waals surface area contributed by atoms with E-state index in [9.17, 15) is 14.0 Å². The molecule has 1 aliphatic carbocycles. The molecule has 4 N–H and O–H groups in total. The molecule has 1 fully saturated rings. The van der Waals surface area contributed by atoms with E-state index in [2.05, 4.69) is 10.6 Å². The SMILES string of the molecule is CC(=O)Nc1ccc(F)c(NC(=O)C2CCCC2N)c1.Cl. The second-order valence-corrected chi connectivity index (χ2v) is 5.07. The zero-order chi connectivity index (χ0) is 14.7. The van der Waals surface area contributed by atoms with E-state index < -0.39 is 5.82 Å². The van der Waals surface area contributed by atoms with Gasteiger partial charge >= 0.3 is 0 Å². The van der Waals surface area contributed by atoms with Crippen LogP contribution in [0.5, 0.6) is 0 Å². The molecule has 7 heteroatoms. The maximum Gasteiger partial charge on any atom is 0.229 e. The Morgan fingerprint density at radius 1 is 1.29 bits per heavy atom. The molecule has 0 aliphatic heterocycles. The molecular weight excluding hydrogens is 297 g/mol. The number of benzene rings is 1. The maximum absolute atomic E-state index is 13.7. The Bertz CT molecular complexity index is 539. The van der Waals surface area contributed by atoms with Crippen LogP contribution in [0.2, 0.25) is 0 Å². The van der Waals surface area contributed by atoms with Crippen LogP contribution in [0.4, 0.5) is 15.8 Å². The van der Waals surface area contributed by atoms with Gasteiger partial charge in [-0.1, -0.05) is 6.42 Å². The van der Waals surface area contributed by atoms with Gasteiger partial charge in [0.1, 0.15) is 5.82 Å². The van der Waals surface area contributed by atoms with Crippen molar-refractivity contribution >= 4 is 35.6 Å². The van der Waals surface area contributed by atoms with Crippen molar-refractivity contribution in [3.05, 3.63) is 24.0 Å². The van der Waals surface area contributed by atoms with Crippen LogP contribution in [0.3, 0.4) is 0 Å². The van der Waals surface area contributed by atoms with Crippen molar-refractivity contribution in [1.82, 2.24) is 0 Å². The van der Waals surface area contributed by atoms with Gasteiger partial charge in [-0.25, -0.2) is 4.39 Å². The molecule has 21 heavy (non-hydrogen) atoms. The van der Waals surface area contributed by atoms with Crippen LogP contribution >= 0.6 is 12.4 Å². The summed E-state index contributed by atoms with van der Waals surface area (Å²) in [7, 11) is 0. The van der Waals surface area contributed by atoms with Crippen molar-refractivity contribution in [2.24, 2.45) is 11.7 Å². The minimum Gasteiger partial charge on any atom is -0.327 e. The van der Waals surface area contributed by atoms with E-state index in [1.165, 1.54) is 25.1 Å². The lowest BCUT2D eigenvalue weighted by molar-refractivity contribution is -0.120. The molecule has 0 radical (unpaired) electrons. The van der Waals surface area contributed by atoms with E-state index in [1.54, 1.807) is 0 Å². The molecule has 5 nitrogen and oxygen atoms in total. The highest BCUT2D eigenvalue weighted by molar-refractivity contribution is 5.95. The number of hydrogen-bond acceptors (Lipinski definition) is 3. The zero-order valence-electron chi connectivity index (χ0n) is 11.7. The van der Waals surface area contributed by atoms with Crippen molar-refractivity contribution in [3.8, 4) is 0 Å². The highest BCUT2D eigenvalue weighted by atomic mass is 35.5. The predicted molar refractivity (Wildman–Crippen MR) is 81.9 cm³/mol. The Morgan fingerprint density at radius 2 is 2.00 bits per heavy atom. The van der Waals surface area contributed by atoms with Gasteiger partial charge in [-0.3, -0.25) is 9.59 Å². The Balaban J connectivity index is 0.00000220. The fourth-order valence-corrected chi connectivity index (χ4v) is 2.44. The standard InChI is InChI=1S/C14H18FN3O2.ClH/c1-8(19)17-9-5-6-11(15)13(7-9)18-14(20)10-3-2-4-12(10)16;/h5-7,10,12H,2-4,16H2,1H3,(H,17,19)(H,18,20);1H. The second kappa shape index (κ2) is 7.38. The number of rotatable bonds is 3. The van der Waals surface area contributed by atoms with E-state index in [0.717, 1.165) is 19.3 Å². The summed E-state index contributed by atoms with van der Waals surface area (Å²) in [5.41, 5.74) is 6.35. The normalized spacial score (nSPS) is 20.5. The lowest BCUT2D eigenvalue weighted by Gasteiger charge is -2.16. The number of carbonyl (C=O) groups is 2. The molecule has 0 spiro atoms. The minimum atomic E-state index is -0.543. The quantitative estimate of drug-likeness (QED) is 0.800. The first-order valence-electron chi connectivity index (χ1n) is 6.61. The number of anilines is 2. The third-order valence-corrected chi connectivity index (χ3v) is 3.45. The van der Waals surface area contributed by atoms with Crippen LogP contribution in [0.1, 0.15) is 26.2 Å². The van der Waals surface area contributed by atoms with Crippen molar-refractivity contribution < 1.29 is 14.0 Å². The average molecular weight is 316 g/mol. The zero-order valence-corrected chi connectivity index (χ0v) is 12.5. The molecular formula is C14H19ClFN3O2. The number of carbonyl (C=O) groups excluding carboxylic acids is 2. The molecule has 2 amide bonds. The molecule has 1 aromatic carbocycles. The van der Waals surface area contributed by atoms with Gasteiger partial charge in [0.2, 0.25) is 11.8 Å². The van der Waals surface area contributed by atoms with Gasteiger partial charge in [0.25, 0.3) is 0 Å². The average Bonchev–Trinajstić information content (AvgIpc) is 2.79. The molecule has 0 heterocycles. The summed E-state index contributed by atoms with van der Waals surface area (Å²) in [6.45, 7) is 1.36. The Kier molecular flexibility index (Phi) is 6.11. The van der Waals surface area contributed by atoms with Gasteiger partial charge in [0.15, 0.2) is 0 Å². The van der Waals surface area contributed by atoms with Crippen LogP contribution in [0.25, 0.3) is 0 Å². The van der Waals surface area contributed by atoms with Gasteiger partial charge in [-0.15, -0.1) is 12.4 Å². The summed E-state index contributed by atoms with van der Waals surface area (Å²) in [6.07, 6.45) is 2.44. The number of nitrogens with two attached hydrogens (primary N) is 1. The lowest BCUT2D eigenvalue weighted by Crippen LogP contribution is -2.34. The largest absolute Gasteiger partial charge is 0.327 e. The third kappa shape index (κ3) is 4.41. The van der Waals surface area contributed by atoms with Crippen LogP contribution < -0.4 is 16.4 Å². The molecule has 1 aliphatic rings. The molecule has 2 atom stereocenters. The Hall–Kier alpha value is -1.66. The number of hydrogen-bond donors (Lipinski definition) is 3. The lowest BCUT2D eigenvalue weighted by atomic mass is 10.0. The summed E-state index contributed by atoms with van der Waals surface area (Å²) in [4.78, 5) is 23.0. The van der Waals surface area contributed by atoms with Crippen LogP contribution in [0, 0.1) is 11.7 Å². The number of halogens is 2. The summed E-state index contributed by atoms with van der Waals surface area (Å²) >= 11 is 0. The summed E-state index contributed by atoms with van der Waals surface area (Å²) in [5.74, 6) is -1.35. The molecule has 116 valence electrons. The first-order valence-corrected chi connectivity index (χ1v) is 6.61. The monoisotopic (exact) mass is 315 g/mol. The molecule has 0 saturated heterocycles. The summed E-state index contributed by atoms with van der Waals surface area (Å²) in [5, 5.41) is 5.09. The molecule has 2 unspecified atom stereocenters. The van der Waals surface area contributed by atoms with Crippen molar-refractivity contribution in [2.75, 3.05) is 10.6 Å². The van der Waals surface area contributed by atoms with E-state index in [4.69, 9.17) is 5.73 Å². The van der Waals surface area contributed by atoms with Crippen LogP contribution in [0.15, 0.2) is 18.2 Å².